The first-order valence-electron chi connectivity index (χ1n) is 7.83. The number of benzene rings is 1. The van der Waals surface area contributed by atoms with E-state index in [-0.39, 0.29) is 18.3 Å². The Morgan fingerprint density at radius 1 is 1.12 bits per heavy atom. The van der Waals surface area contributed by atoms with Crippen molar-refractivity contribution in [3.63, 3.8) is 0 Å². The SMILES string of the molecule is COc1ccc(/C=C/C(=O)OCC(=O)c2ccc(CNC(C)=O)s2)cc1. The number of rotatable bonds is 8. The van der Waals surface area contributed by atoms with Crippen LogP contribution >= 0.6 is 11.3 Å². The molecule has 1 aromatic heterocycles. The zero-order valence-electron chi connectivity index (χ0n) is 14.5. The topological polar surface area (TPSA) is 81.7 Å². The fourth-order valence-electron chi connectivity index (χ4n) is 1.97. The highest BCUT2D eigenvalue weighted by molar-refractivity contribution is 7.14. The molecule has 0 unspecified atom stereocenters. The lowest BCUT2D eigenvalue weighted by molar-refractivity contribution is -0.136. The first kappa shape index (κ1) is 19.4. The van der Waals surface area contributed by atoms with Gasteiger partial charge in [-0.15, -0.1) is 11.3 Å². The summed E-state index contributed by atoms with van der Waals surface area (Å²) in [5.74, 6) is -0.285. The molecule has 1 N–H and O–H groups in total. The smallest absolute Gasteiger partial charge is 0.331 e. The van der Waals surface area contributed by atoms with Gasteiger partial charge >= 0.3 is 5.97 Å². The zero-order chi connectivity index (χ0) is 18.9. The lowest BCUT2D eigenvalue weighted by atomic mass is 10.2. The van der Waals surface area contributed by atoms with Crippen LogP contribution in [0.25, 0.3) is 6.08 Å². The third-order valence-corrected chi connectivity index (χ3v) is 4.45. The van der Waals surface area contributed by atoms with Crippen molar-refractivity contribution in [3.8, 4) is 5.75 Å². The van der Waals surface area contributed by atoms with Crippen LogP contribution in [0.5, 0.6) is 5.75 Å². The van der Waals surface area contributed by atoms with E-state index >= 15 is 0 Å². The number of ketones is 1. The van der Waals surface area contributed by atoms with E-state index in [2.05, 4.69) is 5.32 Å². The van der Waals surface area contributed by atoms with Gasteiger partial charge in [-0.25, -0.2) is 4.79 Å². The van der Waals surface area contributed by atoms with Crippen LogP contribution in [0.3, 0.4) is 0 Å². The molecule has 0 saturated heterocycles. The second-order valence-corrected chi connectivity index (χ2v) is 6.48. The summed E-state index contributed by atoms with van der Waals surface area (Å²) in [6.07, 6.45) is 2.87. The summed E-state index contributed by atoms with van der Waals surface area (Å²) in [7, 11) is 1.58. The monoisotopic (exact) mass is 373 g/mol. The Morgan fingerprint density at radius 2 is 1.85 bits per heavy atom. The minimum Gasteiger partial charge on any atom is -0.497 e. The van der Waals surface area contributed by atoms with Gasteiger partial charge in [-0.05, 0) is 35.9 Å². The molecule has 2 rings (SSSR count). The summed E-state index contributed by atoms with van der Waals surface area (Å²) in [5, 5.41) is 2.66. The van der Waals surface area contributed by atoms with Crippen molar-refractivity contribution >= 4 is 35.1 Å². The highest BCUT2D eigenvalue weighted by Gasteiger charge is 2.11. The van der Waals surface area contributed by atoms with Crippen molar-refractivity contribution in [3.05, 3.63) is 57.8 Å². The van der Waals surface area contributed by atoms with E-state index in [4.69, 9.17) is 9.47 Å². The number of esters is 1. The van der Waals surface area contributed by atoms with Crippen LogP contribution in [-0.2, 0) is 20.9 Å². The molecule has 1 aromatic carbocycles. The molecular formula is C19H19NO5S. The minimum absolute atomic E-state index is 0.135. The van der Waals surface area contributed by atoms with Crippen LogP contribution in [0, 0.1) is 0 Å². The molecule has 0 aliphatic rings. The molecule has 0 bridgehead atoms. The number of nitrogens with one attached hydrogen (secondary N) is 1. The molecule has 1 amide bonds. The maximum atomic E-state index is 12.1. The highest BCUT2D eigenvalue weighted by Crippen LogP contribution is 2.17. The van der Waals surface area contributed by atoms with E-state index in [1.165, 1.54) is 24.3 Å². The van der Waals surface area contributed by atoms with Crippen molar-refractivity contribution in [2.24, 2.45) is 0 Å². The predicted molar refractivity (Wildman–Crippen MR) is 99.2 cm³/mol. The van der Waals surface area contributed by atoms with Crippen LogP contribution in [-0.4, -0.2) is 31.4 Å². The molecule has 136 valence electrons. The van der Waals surface area contributed by atoms with Crippen LogP contribution in [0.15, 0.2) is 42.5 Å². The number of carbonyl (C=O) groups is 3. The normalized spacial score (nSPS) is 10.5. The van der Waals surface area contributed by atoms with Crippen molar-refractivity contribution in [1.29, 1.82) is 0 Å². The molecule has 0 aliphatic carbocycles. The standard InChI is InChI=1S/C19H19NO5S/c1-13(21)20-11-16-8-9-18(26-16)17(22)12-25-19(23)10-5-14-3-6-15(24-2)7-4-14/h3-10H,11-12H2,1-2H3,(H,20,21)/b10-5+. The van der Waals surface area contributed by atoms with Crippen LogP contribution in [0.4, 0.5) is 0 Å². The van der Waals surface area contributed by atoms with Crippen LogP contribution < -0.4 is 10.1 Å². The summed E-state index contributed by atoms with van der Waals surface area (Å²) in [4.78, 5) is 36.0. The van der Waals surface area contributed by atoms with Gasteiger partial charge in [0.2, 0.25) is 11.7 Å². The first-order chi connectivity index (χ1) is 12.5. The molecule has 0 fully saturated rings. The molecule has 0 aliphatic heterocycles. The number of carbonyl (C=O) groups excluding carboxylic acids is 3. The Labute approximate surface area is 155 Å². The summed E-state index contributed by atoms with van der Waals surface area (Å²) in [5.41, 5.74) is 0.815. The van der Waals surface area contributed by atoms with Gasteiger partial charge in [0.25, 0.3) is 0 Å². The van der Waals surface area contributed by atoms with Crippen molar-refractivity contribution < 1.29 is 23.9 Å². The summed E-state index contributed by atoms with van der Waals surface area (Å²) in [6, 6.07) is 10.6. The van der Waals surface area contributed by atoms with E-state index in [1.54, 1.807) is 49.6 Å². The third-order valence-electron chi connectivity index (χ3n) is 3.32. The van der Waals surface area contributed by atoms with Gasteiger partial charge < -0.3 is 14.8 Å². The molecule has 2 aromatic rings. The number of Topliss-reactive ketones (excluding diaryl/α,β-unsaturated/α-hetero) is 1. The Kier molecular flexibility index (Phi) is 7.11. The van der Waals surface area contributed by atoms with Crippen molar-refractivity contribution in [2.45, 2.75) is 13.5 Å². The molecule has 0 radical (unpaired) electrons. The lowest BCUT2D eigenvalue weighted by Gasteiger charge is -2.01. The molecule has 0 saturated carbocycles. The third kappa shape index (κ3) is 6.18. The Balaban J connectivity index is 1.81. The fraction of sp³-hybridized carbons (Fsp3) is 0.211. The van der Waals surface area contributed by atoms with Gasteiger partial charge in [0.15, 0.2) is 6.61 Å². The largest absolute Gasteiger partial charge is 0.497 e. The van der Waals surface area contributed by atoms with Gasteiger partial charge in [-0.1, -0.05) is 12.1 Å². The van der Waals surface area contributed by atoms with Gasteiger partial charge in [-0.2, -0.15) is 0 Å². The van der Waals surface area contributed by atoms with Crippen LogP contribution in [0.2, 0.25) is 0 Å². The van der Waals surface area contributed by atoms with Gasteiger partial charge in [-0.3, -0.25) is 9.59 Å². The molecule has 0 spiro atoms. The first-order valence-corrected chi connectivity index (χ1v) is 8.65. The predicted octanol–water partition coefficient (Wildman–Crippen LogP) is 2.83. The second-order valence-electron chi connectivity index (χ2n) is 5.31. The maximum absolute atomic E-state index is 12.1. The molecule has 1 heterocycles. The highest BCUT2D eigenvalue weighted by atomic mass is 32.1. The summed E-state index contributed by atoms with van der Waals surface area (Å²) in [6.45, 7) is 1.47. The van der Waals surface area contributed by atoms with Crippen molar-refractivity contribution in [1.82, 2.24) is 5.32 Å². The molecule has 26 heavy (non-hydrogen) atoms. The molecule has 7 heteroatoms. The number of hydrogen-bond donors (Lipinski definition) is 1. The van der Waals surface area contributed by atoms with E-state index in [0.717, 1.165) is 16.2 Å². The number of thiophene rings is 1. The number of ether oxygens (including phenoxy) is 2. The molecular weight excluding hydrogens is 354 g/mol. The summed E-state index contributed by atoms with van der Waals surface area (Å²) < 4.78 is 10.0. The Hall–Kier alpha value is -2.93. The van der Waals surface area contributed by atoms with E-state index < -0.39 is 5.97 Å². The van der Waals surface area contributed by atoms with Gasteiger partial charge in [0.1, 0.15) is 5.75 Å². The van der Waals surface area contributed by atoms with E-state index in [9.17, 15) is 14.4 Å². The molecule has 0 atom stereocenters. The lowest BCUT2D eigenvalue weighted by Crippen LogP contribution is -2.18. The average molecular weight is 373 g/mol. The fourth-order valence-corrected chi connectivity index (χ4v) is 2.84. The average Bonchev–Trinajstić information content (AvgIpc) is 3.12. The Morgan fingerprint density at radius 3 is 2.50 bits per heavy atom. The quantitative estimate of drug-likeness (QED) is 0.437. The zero-order valence-corrected chi connectivity index (χ0v) is 15.3. The van der Waals surface area contributed by atoms with Gasteiger partial charge in [0, 0.05) is 17.9 Å². The number of hydrogen-bond acceptors (Lipinski definition) is 6. The van der Waals surface area contributed by atoms with Crippen LogP contribution in [0.1, 0.15) is 27.0 Å². The van der Waals surface area contributed by atoms with E-state index in [1.807, 2.05) is 0 Å². The second kappa shape index (κ2) is 9.53. The number of amides is 1. The Bertz CT molecular complexity index is 808. The van der Waals surface area contributed by atoms with Crippen molar-refractivity contribution in [2.75, 3.05) is 13.7 Å². The van der Waals surface area contributed by atoms with Gasteiger partial charge in [0.05, 0.1) is 18.5 Å². The van der Waals surface area contributed by atoms with E-state index in [0.29, 0.717) is 11.4 Å². The maximum Gasteiger partial charge on any atom is 0.331 e. The summed E-state index contributed by atoms with van der Waals surface area (Å²) >= 11 is 1.26. The molecule has 6 nitrogen and oxygen atoms in total. The minimum atomic E-state index is -0.593. The number of methoxy groups -OCH3 is 1.